The fourth-order valence-corrected chi connectivity index (χ4v) is 6.36. The number of carboxylic acids is 1. The Labute approximate surface area is 272 Å². The molecule has 0 bridgehead atoms. The van der Waals surface area contributed by atoms with Crippen molar-refractivity contribution < 1.29 is 41.0 Å². The molecule has 0 aliphatic heterocycles. The molecule has 0 spiro atoms. The maximum atomic E-state index is 13.5. The first-order valence-corrected chi connectivity index (χ1v) is 15.8. The van der Waals surface area contributed by atoms with E-state index >= 15 is 0 Å². The van der Waals surface area contributed by atoms with Crippen LogP contribution in [0.1, 0.15) is 28.8 Å². The lowest BCUT2D eigenvalue weighted by atomic mass is 10.0. The van der Waals surface area contributed by atoms with Gasteiger partial charge in [0.15, 0.2) is 0 Å². The van der Waals surface area contributed by atoms with Crippen LogP contribution in [0.4, 0.5) is 35.9 Å². The molecular formula is C32H27F3N6O6S. The number of methoxy groups -OCH3 is 2. The van der Waals surface area contributed by atoms with Crippen LogP contribution in [0.25, 0.3) is 22.0 Å². The van der Waals surface area contributed by atoms with Crippen molar-refractivity contribution in [3.05, 3.63) is 84.2 Å². The van der Waals surface area contributed by atoms with Crippen LogP contribution < -0.4 is 24.8 Å². The molecule has 0 unspecified atom stereocenters. The number of carboxylic acid groups (broad SMARTS) is 1. The second-order valence-corrected chi connectivity index (χ2v) is 12.5. The van der Waals surface area contributed by atoms with Gasteiger partial charge in [-0.05, 0) is 60.9 Å². The highest BCUT2D eigenvalue weighted by Crippen LogP contribution is 2.38. The first-order valence-electron chi connectivity index (χ1n) is 14.3. The molecule has 16 heteroatoms. The molecule has 1 aliphatic rings. The number of aromatic carboxylic acids is 1. The fraction of sp³-hybridized carbons (Fsp3) is 0.188. The van der Waals surface area contributed by atoms with E-state index < -0.39 is 27.7 Å². The summed E-state index contributed by atoms with van der Waals surface area (Å²) in [4.78, 5) is 24.7. The Morgan fingerprint density at radius 1 is 0.917 bits per heavy atom. The smallest absolute Gasteiger partial charge is 0.416 e. The summed E-state index contributed by atoms with van der Waals surface area (Å²) in [5.74, 6) is -1.08. The van der Waals surface area contributed by atoms with Crippen LogP contribution in [-0.2, 0) is 16.2 Å². The van der Waals surface area contributed by atoms with Gasteiger partial charge in [0.1, 0.15) is 4.90 Å². The van der Waals surface area contributed by atoms with Crippen LogP contribution in [0.3, 0.4) is 0 Å². The Balaban J connectivity index is 1.45. The average molecular weight is 681 g/mol. The summed E-state index contributed by atoms with van der Waals surface area (Å²) in [6, 6.07) is 13.3. The van der Waals surface area contributed by atoms with Gasteiger partial charge < -0.3 is 25.2 Å². The molecule has 0 saturated heterocycles. The summed E-state index contributed by atoms with van der Waals surface area (Å²) in [6.45, 7) is 0. The van der Waals surface area contributed by atoms with E-state index in [0.717, 1.165) is 12.1 Å². The largest absolute Gasteiger partial charge is 0.480 e. The molecule has 48 heavy (non-hydrogen) atoms. The molecule has 6 rings (SSSR count). The van der Waals surface area contributed by atoms with Crippen molar-refractivity contribution >= 4 is 49.6 Å². The lowest BCUT2D eigenvalue weighted by Gasteiger charge is -2.18. The van der Waals surface area contributed by atoms with E-state index in [2.05, 4.69) is 30.3 Å². The number of alkyl halides is 3. The molecule has 248 valence electrons. The number of halogens is 3. The van der Waals surface area contributed by atoms with Crippen LogP contribution in [0.2, 0.25) is 0 Å². The van der Waals surface area contributed by atoms with E-state index in [1.165, 1.54) is 56.9 Å². The number of anilines is 4. The van der Waals surface area contributed by atoms with Crippen molar-refractivity contribution in [1.82, 2.24) is 19.7 Å². The monoisotopic (exact) mass is 680 g/mol. The van der Waals surface area contributed by atoms with Gasteiger partial charge in [-0.3, -0.25) is 4.98 Å². The number of aromatic nitrogens is 3. The lowest BCUT2D eigenvalue weighted by Crippen LogP contribution is -2.26. The maximum Gasteiger partial charge on any atom is 0.416 e. The SMILES string of the molecule is COc1ncc(-c2ccc3c(Nc4cc(Nc5cccc(C(F)(F)F)c5)cc(C(=O)O)c4)c(S(=O)(=O)NC4CC4)cnc3c2)c(OC)n1. The minimum atomic E-state index is -4.59. The second kappa shape index (κ2) is 12.6. The number of rotatable bonds is 11. The zero-order valence-corrected chi connectivity index (χ0v) is 26.1. The number of ether oxygens (including phenoxy) is 2. The van der Waals surface area contributed by atoms with Crippen molar-refractivity contribution in [3.8, 4) is 23.0 Å². The Morgan fingerprint density at radius 2 is 1.67 bits per heavy atom. The van der Waals surface area contributed by atoms with Gasteiger partial charge in [-0.25, -0.2) is 22.9 Å². The highest BCUT2D eigenvalue weighted by atomic mass is 32.2. The van der Waals surface area contributed by atoms with Gasteiger partial charge in [0, 0.05) is 40.9 Å². The normalized spacial score (nSPS) is 13.3. The van der Waals surface area contributed by atoms with Crippen molar-refractivity contribution in [2.75, 3.05) is 24.9 Å². The molecule has 12 nitrogen and oxygen atoms in total. The van der Waals surface area contributed by atoms with Crippen LogP contribution in [0.5, 0.6) is 11.9 Å². The summed E-state index contributed by atoms with van der Waals surface area (Å²) in [5.41, 5.74) is 0.853. The van der Waals surface area contributed by atoms with E-state index in [-0.39, 0.29) is 51.1 Å². The Kier molecular flexibility index (Phi) is 8.53. The third-order valence-electron chi connectivity index (χ3n) is 7.37. The minimum absolute atomic E-state index is 0.0649. The van der Waals surface area contributed by atoms with Crippen molar-refractivity contribution in [3.63, 3.8) is 0 Å². The summed E-state index contributed by atoms with van der Waals surface area (Å²) < 4.78 is 80.2. The van der Waals surface area contributed by atoms with E-state index in [1.807, 2.05) is 0 Å². The quantitative estimate of drug-likeness (QED) is 0.123. The number of benzene rings is 3. The number of carbonyl (C=O) groups is 1. The molecule has 2 aromatic heterocycles. The van der Waals surface area contributed by atoms with E-state index in [4.69, 9.17) is 9.47 Å². The van der Waals surface area contributed by atoms with Crippen LogP contribution in [0, 0.1) is 0 Å². The van der Waals surface area contributed by atoms with Crippen LogP contribution in [-0.4, -0.2) is 54.7 Å². The third kappa shape index (κ3) is 6.94. The van der Waals surface area contributed by atoms with Gasteiger partial charge in [0.05, 0.1) is 42.1 Å². The Hall–Kier alpha value is -5.48. The zero-order valence-electron chi connectivity index (χ0n) is 25.3. The number of nitrogens with one attached hydrogen (secondary N) is 3. The Morgan fingerprint density at radius 3 is 2.33 bits per heavy atom. The van der Waals surface area contributed by atoms with E-state index in [0.29, 0.717) is 34.9 Å². The van der Waals surface area contributed by atoms with Crippen LogP contribution >= 0.6 is 0 Å². The molecule has 4 N–H and O–H groups in total. The summed E-state index contributed by atoms with van der Waals surface area (Å²) in [5, 5.41) is 16.1. The average Bonchev–Trinajstić information content (AvgIpc) is 3.87. The second-order valence-electron chi connectivity index (χ2n) is 10.8. The van der Waals surface area contributed by atoms with Crippen LogP contribution in [0.15, 0.2) is 78.0 Å². The first-order chi connectivity index (χ1) is 22.8. The zero-order chi connectivity index (χ0) is 34.2. The highest BCUT2D eigenvalue weighted by Gasteiger charge is 2.32. The molecule has 2 heterocycles. The number of hydrogen-bond donors (Lipinski definition) is 4. The standard InChI is InChI=1S/C32H27F3N6O6S/c1-46-29-25(15-37-31(40-29)47-2)17-6-9-24-26(12-17)36-16-27(48(44,45)41-20-7-8-20)28(24)39-23-11-18(30(42)43)10-22(14-23)38-21-5-3-4-19(13-21)32(33,34)35/h3-6,9-16,20,38,41H,7-8H2,1-2H3,(H,36,39)(H,42,43). The predicted molar refractivity (Wildman–Crippen MR) is 171 cm³/mol. The highest BCUT2D eigenvalue weighted by molar-refractivity contribution is 7.89. The third-order valence-corrected chi connectivity index (χ3v) is 8.90. The summed E-state index contributed by atoms with van der Waals surface area (Å²) in [7, 11) is -1.23. The molecule has 0 radical (unpaired) electrons. The number of nitrogens with zero attached hydrogens (tertiary/aromatic N) is 3. The van der Waals surface area contributed by atoms with Gasteiger partial charge in [0.25, 0.3) is 0 Å². The number of pyridine rings is 1. The van der Waals surface area contributed by atoms with Gasteiger partial charge in [0.2, 0.25) is 15.9 Å². The summed E-state index contributed by atoms with van der Waals surface area (Å²) >= 11 is 0. The van der Waals surface area contributed by atoms with Crippen molar-refractivity contribution in [2.45, 2.75) is 30.0 Å². The number of hydrogen-bond acceptors (Lipinski definition) is 10. The van der Waals surface area contributed by atoms with E-state index in [1.54, 1.807) is 18.2 Å². The molecule has 1 saturated carbocycles. The molecule has 5 aromatic rings. The molecule has 0 amide bonds. The Bertz CT molecular complexity index is 2160. The fourth-order valence-electron chi connectivity index (χ4n) is 4.94. The number of fused-ring (bicyclic) bond motifs is 1. The first kappa shape index (κ1) is 32.5. The molecule has 1 aliphatic carbocycles. The van der Waals surface area contributed by atoms with Gasteiger partial charge >= 0.3 is 18.2 Å². The topological polar surface area (TPSA) is 165 Å². The van der Waals surface area contributed by atoms with E-state index in [9.17, 15) is 31.5 Å². The predicted octanol–water partition coefficient (Wildman–Crippen LogP) is 6.35. The molecular weight excluding hydrogens is 653 g/mol. The van der Waals surface area contributed by atoms with Gasteiger partial charge in [-0.15, -0.1) is 0 Å². The molecule has 0 atom stereocenters. The maximum absolute atomic E-state index is 13.5. The molecule has 3 aromatic carbocycles. The van der Waals surface area contributed by atoms with Gasteiger partial charge in [-0.1, -0.05) is 18.2 Å². The minimum Gasteiger partial charge on any atom is -0.480 e. The number of sulfonamides is 1. The van der Waals surface area contributed by atoms with Crippen molar-refractivity contribution in [1.29, 1.82) is 0 Å². The van der Waals surface area contributed by atoms with Gasteiger partial charge in [-0.2, -0.15) is 18.2 Å². The summed E-state index contributed by atoms with van der Waals surface area (Å²) in [6.07, 6.45) is -0.506. The lowest BCUT2D eigenvalue weighted by molar-refractivity contribution is -0.137. The molecule has 1 fully saturated rings. The van der Waals surface area contributed by atoms with Crippen molar-refractivity contribution in [2.24, 2.45) is 0 Å².